The molecule has 0 saturated carbocycles. The number of anilines is 1. The normalized spacial score (nSPS) is 10.9. The van der Waals surface area contributed by atoms with Crippen molar-refractivity contribution >= 4 is 17.7 Å². The van der Waals surface area contributed by atoms with Crippen molar-refractivity contribution < 1.29 is 14.7 Å². The Balaban J connectivity index is 2.95. The zero-order valence-electron chi connectivity index (χ0n) is 11.0. The maximum Gasteiger partial charge on any atom is 0.338 e. The summed E-state index contributed by atoms with van der Waals surface area (Å²) in [5, 5.41) is 14.4. The number of amides is 2. The summed E-state index contributed by atoms with van der Waals surface area (Å²) >= 11 is 0. The Bertz CT molecular complexity index is 476. The van der Waals surface area contributed by atoms with Crippen molar-refractivity contribution in [2.24, 2.45) is 0 Å². The van der Waals surface area contributed by atoms with Gasteiger partial charge in [0.25, 0.3) is 0 Å². The standard InChI is InChI=1S/C13H18N2O3/c1-8-6-5-7-9(10(8)11(16)17)14-12(18)15-13(2,3)4/h5-7H,1-4H3,(H,16,17)(H2,14,15,18). The van der Waals surface area contributed by atoms with Crippen LogP contribution in [0.1, 0.15) is 36.7 Å². The van der Waals surface area contributed by atoms with E-state index in [0.29, 0.717) is 11.3 Å². The molecular weight excluding hydrogens is 232 g/mol. The number of nitrogens with one attached hydrogen (secondary N) is 2. The molecule has 3 N–H and O–H groups in total. The summed E-state index contributed by atoms with van der Waals surface area (Å²) in [5.41, 5.74) is 0.638. The van der Waals surface area contributed by atoms with Crippen molar-refractivity contribution in [3.8, 4) is 0 Å². The van der Waals surface area contributed by atoms with Gasteiger partial charge in [0.05, 0.1) is 11.3 Å². The molecule has 0 aliphatic carbocycles. The highest BCUT2D eigenvalue weighted by Gasteiger charge is 2.17. The molecule has 0 saturated heterocycles. The molecular formula is C13H18N2O3. The molecule has 0 fully saturated rings. The summed E-state index contributed by atoms with van der Waals surface area (Å²) in [4.78, 5) is 22.8. The number of carboxylic acid groups (broad SMARTS) is 1. The van der Waals surface area contributed by atoms with E-state index in [1.54, 1.807) is 25.1 Å². The second-order valence-corrected chi connectivity index (χ2v) is 5.13. The summed E-state index contributed by atoms with van der Waals surface area (Å²) in [5.74, 6) is -1.06. The molecule has 0 radical (unpaired) electrons. The summed E-state index contributed by atoms with van der Waals surface area (Å²) in [7, 11) is 0. The van der Waals surface area contributed by atoms with Gasteiger partial charge in [0.1, 0.15) is 0 Å². The third-order valence-corrected chi connectivity index (χ3v) is 2.22. The fraction of sp³-hybridized carbons (Fsp3) is 0.385. The maximum absolute atomic E-state index is 11.7. The number of rotatable bonds is 2. The van der Waals surface area contributed by atoms with Crippen molar-refractivity contribution in [1.29, 1.82) is 0 Å². The third-order valence-electron chi connectivity index (χ3n) is 2.22. The Labute approximate surface area is 106 Å². The van der Waals surface area contributed by atoms with Gasteiger partial charge in [-0.1, -0.05) is 12.1 Å². The summed E-state index contributed by atoms with van der Waals surface area (Å²) in [6, 6.07) is 4.54. The van der Waals surface area contributed by atoms with E-state index in [1.807, 2.05) is 20.8 Å². The lowest BCUT2D eigenvalue weighted by Crippen LogP contribution is -2.43. The van der Waals surface area contributed by atoms with Crippen LogP contribution in [-0.4, -0.2) is 22.6 Å². The minimum atomic E-state index is -1.06. The van der Waals surface area contributed by atoms with Gasteiger partial charge in [-0.2, -0.15) is 0 Å². The highest BCUT2D eigenvalue weighted by molar-refractivity contribution is 6.01. The number of carbonyl (C=O) groups excluding carboxylic acids is 1. The van der Waals surface area contributed by atoms with E-state index in [-0.39, 0.29) is 11.1 Å². The first-order chi connectivity index (χ1) is 8.20. The van der Waals surface area contributed by atoms with Crippen LogP contribution in [0.2, 0.25) is 0 Å². The monoisotopic (exact) mass is 250 g/mol. The number of benzene rings is 1. The second-order valence-electron chi connectivity index (χ2n) is 5.13. The number of urea groups is 1. The Morgan fingerprint density at radius 1 is 1.22 bits per heavy atom. The molecule has 98 valence electrons. The lowest BCUT2D eigenvalue weighted by molar-refractivity contribution is 0.0697. The summed E-state index contributed by atoms with van der Waals surface area (Å²) < 4.78 is 0. The van der Waals surface area contributed by atoms with Gasteiger partial charge in [0.2, 0.25) is 0 Å². The fourth-order valence-electron chi connectivity index (χ4n) is 1.55. The van der Waals surface area contributed by atoms with Gasteiger partial charge >= 0.3 is 12.0 Å². The minimum absolute atomic E-state index is 0.113. The molecule has 1 rings (SSSR count). The SMILES string of the molecule is Cc1cccc(NC(=O)NC(C)(C)C)c1C(=O)O. The van der Waals surface area contributed by atoms with Crippen molar-refractivity contribution in [2.75, 3.05) is 5.32 Å². The fourth-order valence-corrected chi connectivity index (χ4v) is 1.55. The van der Waals surface area contributed by atoms with E-state index < -0.39 is 12.0 Å². The zero-order chi connectivity index (χ0) is 13.9. The zero-order valence-corrected chi connectivity index (χ0v) is 11.0. The average molecular weight is 250 g/mol. The predicted molar refractivity (Wildman–Crippen MR) is 70.0 cm³/mol. The van der Waals surface area contributed by atoms with Crippen molar-refractivity contribution in [2.45, 2.75) is 33.2 Å². The van der Waals surface area contributed by atoms with Gasteiger partial charge in [-0.25, -0.2) is 9.59 Å². The van der Waals surface area contributed by atoms with Crippen LogP contribution in [0.15, 0.2) is 18.2 Å². The first-order valence-corrected chi connectivity index (χ1v) is 5.63. The van der Waals surface area contributed by atoms with Crippen molar-refractivity contribution in [1.82, 2.24) is 5.32 Å². The summed E-state index contributed by atoms with van der Waals surface area (Å²) in [6.07, 6.45) is 0. The van der Waals surface area contributed by atoms with E-state index in [4.69, 9.17) is 5.11 Å². The van der Waals surface area contributed by atoms with Gasteiger partial charge < -0.3 is 15.7 Å². The smallest absolute Gasteiger partial charge is 0.338 e. The Morgan fingerprint density at radius 3 is 2.33 bits per heavy atom. The number of carboxylic acids is 1. The molecule has 1 aromatic carbocycles. The van der Waals surface area contributed by atoms with Crippen LogP contribution in [0.25, 0.3) is 0 Å². The van der Waals surface area contributed by atoms with E-state index in [0.717, 1.165) is 0 Å². The van der Waals surface area contributed by atoms with Crippen LogP contribution in [0, 0.1) is 6.92 Å². The van der Waals surface area contributed by atoms with Crippen LogP contribution in [0.5, 0.6) is 0 Å². The lowest BCUT2D eigenvalue weighted by Gasteiger charge is -2.21. The van der Waals surface area contributed by atoms with E-state index >= 15 is 0 Å². The van der Waals surface area contributed by atoms with Crippen molar-refractivity contribution in [3.63, 3.8) is 0 Å². The van der Waals surface area contributed by atoms with Crippen LogP contribution in [0.3, 0.4) is 0 Å². The lowest BCUT2D eigenvalue weighted by atomic mass is 10.1. The number of hydrogen-bond donors (Lipinski definition) is 3. The highest BCUT2D eigenvalue weighted by atomic mass is 16.4. The summed E-state index contributed by atoms with van der Waals surface area (Å²) in [6.45, 7) is 7.24. The molecule has 0 heterocycles. The first-order valence-electron chi connectivity index (χ1n) is 5.63. The topological polar surface area (TPSA) is 78.4 Å². The van der Waals surface area contributed by atoms with Crippen LogP contribution >= 0.6 is 0 Å². The number of aromatic carboxylic acids is 1. The molecule has 0 unspecified atom stereocenters. The largest absolute Gasteiger partial charge is 0.478 e. The van der Waals surface area contributed by atoms with Crippen LogP contribution < -0.4 is 10.6 Å². The van der Waals surface area contributed by atoms with E-state index in [1.165, 1.54) is 0 Å². The molecule has 1 aromatic rings. The van der Waals surface area contributed by atoms with Crippen LogP contribution in [-0.2, 0) is 0 Å². The molecule has 18 heavy (non-hydrogen) atoms. The van der Waals surface area contributed by atoms with Gasteiger partial charge in [-0.05, 0) is 39.3 Å². The van der Waals surface area contributed by atoms with Gasteiger partial charge in [0, 0.05) is 5.54 Å². The molecule has 0 aliphatic heterocycles. The van der Waals surface area contributed by atoms with Gasteiger partial charge in [0.15, 0.2) is 0 Å². The Morgan fingerprint density at radius 2 is 1.83 bits per heavy atom. The highest BCUT2D eigenvalue weighted by Crippen LogP contribution is 2.19. The third kappa shape index (κ3) is 3.76. The Hall–Kier alpha value is -2.04. The predicted octanol–water partition coefficient (Wildman–Crippen LogP) is 2.61. The maximum atomic E-state index is 11.7. The molecule has 0 atom stereocenters. The molecule has 5 heteroatoms. The quantitative estimate of drug-likeness (QED) is 0.755. The number of hydrogen-bond acceptors (Lipinski definition) is 2. The number of carbonyl (C=O) groups is 2. The molecule has 5 nitrogen and oxygen atoms in total. The molecule has 0 bridgehead atoms. The van der Waals surface area contributed by atoms with E-state index in [9.17, 15) is 9.59 Å². The number of aryl methyl sites for hydroxylation is 1. The van der Waals surface area contributed by atoms with Crippen molar-refractivity contribution in [3.05, 3.63) is 29.3 Å². The van der Waals surface area contributed by atoms with E-state index in [2.05, 4.69) is 10.6 Å². The molecule has 0 aliphatic rings. The Kier molecular flexibility index (Phi) is 3.96. The van der Waals surface area contributed by atoms with Gasteiger partial charge in [-0.3, -0.25) is 0 Å². The minimum Gasteiger partial charge on any atom is -0.478 e. The second kappa shape index (κ2) is 5.08. The molecule has 2 amide bonds. The molecule has 0 spiro atoms. The van der Waals surface area contributed by atoms with Crippen LogP contribution in [0.4, 0.5) is 10.5 Å². The average Bonchev–Trinajstić information content (AvgIpc) is 2.13. The molecule has 0 aromatic heterocycles. The van der Waals surface area contributed by atoms with Gasteiger partial charge in [-0.15, -0.1) is 0 Å². The first kappa shape index (κ1) is 14.0.